The van der Waals surface area contributed by atoms with Gasteiger partial charge in [0.05, 0.1) is 12.7 Å². The number of phenols is 1. The number of methoxy groups -OCH3 is 1. The largest absolute Gasteiger partial charge is 0.507 e. The zero-order chi connectivity index (χ0) is 17.1. The maximum atomic E-state index is 12.9. The number of carbonyl (C=O) groups is 1. The maximum absolute atomic E-state index is 12.9. The highest BCUT2D eigenvalue weighted by molar-refractivity contribution is 5.97. The summed E-state index contributed by atoms with van der Waals surface area (Å²) in [7, 11) is 1.53. The standard InChI is InChI=1S/C20H23NO3/c1-3-14-4-6-15(7-5-14)13-21(16-8-9-16)20(23)18-11-10-17(24-2)12-19(18)22/h4-7,10-12,16,22H,3,8-9,13H2,1-2H3. The average Bonchev–Trinajstić information content (AvgIpc) is 3.44. The quantitative estimate of drug-likeness (QED) is 0.879. The minimum Gasteiger partial charge on any atom is -0.507 e. The van der Waals surface area contributed by atoms with E-state index < -0.39 is 0 Å². The molecule has 0 radical (unpaired) electrons. The molecule has 0 unspecified atom stereocenters. The van der Waals surface area contributed by atoms with Crippen molar-refractivity contribution in [1.29, 1.82) is 0 Å². The van der Waals surface area contributed by atoms with Crippen LogP contribution in [0.5, 0.6) is 11.5 Å². The Bertz CT molecular complexity index is 720. The van der Waals surface area contributed by atoms with Gasteiger partial charge in [-0.3, -0.25) is 4.79 Å². The number of ether oxygens (including phenoxy) is 1. The lowest BCUT2D eigenvalue weighted by Gasteiger charge is -2.23. The lowest BCUT2D eigenvalue weighted by atomic mass is 10.1. The Morgan fingerprint density at radius 2 is 1.83 bits per heavy atom. The van der Waals surface area contributed by atoms with Crippen molar-refractivity contribution in [2.45, 2.75) is 38.8 Å². The highest BCUT2D eigenvalue weighted by Gasteiger charge is 2.34. The molecule has 0 saturated heterocycles. The summed E-state index contributed by atoms with van der Waals surface area (Å²) >= 11 is 0. The number of amides is 1. The number of hydrogen-bond donors (Lipinski definition) is 1. The zero-order valence-corrected chi connectivity index (χ0v) is 14.2. The third-order valence-electron chi connectivity index (χ3n) is 4.47. The third kappa shape index (κ3) is 3.53. The van der Waals surface area contributed by atoms with Gasteiger partial charge in [0.1, 0.15) is 11.5 Å². The van der Waals surface area contributed by atoms with Crippen molar-refractivity contribution in [3.8, 4) is 11.5 Å². The number of benzene rings is 2. The van der Waals surface area contributed by atoms with Crippen molar-refractivity contribution in [2.24, 2.45) is 0 Å². The highest BCUT2D eigenvalue weighted by atomic mass is 16.5. The summed E-state index contributed by atoms with van der Waals surface area (Å²) in [6.45, 7) is 2.69. The lowest BCUT2D eigenvalue weighted by molar-refractivity contribution is 0.0727. The number of rotatable bonds is 6. The molecule has 2 aromatic carbocycles. The van der Waals surface area contributed by atoms with E-state index in [0.717, 1.165) is 24.8 Å². The molecular weight excluding hydrogens is 302 g/mol. The molecule has 1 aliphatic rings. The normalized spacial score (nSPS) is 13.6. The fourth-order valence-corrected chi connectivity index (χ4v) is 2.80. The molecule has 0 spiro atoms. The van der Waals surface area contributed by atoms with Crippen LogP contribution < -0.4 is 4.74 Å². The number of aryl methyl sites for hydroxylation is 1. The first-order valence-corrected chi connectivity index (χ1v) is 8.38. The van der Waals surface area contributed by atoms with E-state index in [1.54, 1.807) is 12.1 Å². The monoisotopic (exact) mass is 325 g/mol. The molecule has 0 bridgehead atoms. The van der Waals surface area contributed by atoms with Crippen LogP contribution >= 0.6 is 0 Å². The van der Waals surface area contributed by atoms with E-state index in [-0.39, 0.29) is 17.7 Å². The summed E-state index contributed by atoms with van der Waals surface area (Å²) in [6, 6.07) is 13.5. The summed E-state index contributed by atoms with van der Waals surface area (Å²) in [5, 5.41) is 10.2. The summed E-state index contributed by atoms with van der Waals surface area (Å²) in [5.74, 6) is 0.376. The van der Waals surface area contributed by atoms with Crippen LogP contribution in [0.4, 0.5) is 0 Å². The van der Waals surface area contributed by atoms with Gasteiger partial charge in [-0.15, -0.1) is 0 Å². The molecule has 1 N–H and O–H groups in total. The minimum atomic E-state index is -0.128. The van der Waals surface area contributed by atoms with Crippen molar-refractivity contribution < 1.29 is 14.6 Å². The van der Waals surface area contributed by atoms with Gasteiger partial charge < -0.3 is 14.7 Å². The smallest absolute Gasteiger partial charge is 0.258 e. The third-order valence-corrected chi connectivity index (χ3v) is 4.47. The molecule has 1 aliphatic carbocycles. The van der Waals surface area contributed by atoms with Crippen LogP contribution in [0.2, 0.25) is 0 Å². The Kier molecular flexibility index (Phi) is 4.74. The molecule has 1 amide bonds. The number of carbonyl (C=O) groups excluding carboxylic acids is 1. The Hall–Kier alpha value is -2.49. The Morgan fingerprint density at radius 1 is 1.17 bits per heavy atom. The van der Waals surface area contributed by atoms with Gasteiger partial charge in [0.2, 0.25) is 0 Å². The lowest BCUT2D eigenvalue weighted by Crippen LogP contribution is -2.32. The van der Waals surface area contributed by atoms with Crippen molar-refractivity contribution in [3.63, 3.8) is 0 Å². The number of aromatic hydroxyl groups is 1. The first-order chi connectivity index (χ1) is 11.6. The molecule has 1 fully saturated rings. The van der Waals surface area contributed by atoms with E-state index in [1.165, 1.54) is 18.7 Å². The van der Waals surface area contributed by atoms with E-state index in [2.05, 4.69) is 31.2 Å². The predicted octanol–water partition coefficient (Wildman–Crippen LogP) is 3.77. The summed E-state index contributed by atoms with van der Waals surface area (Å²) in [5.41, 5.74) is 2.73. The Labute approximate surface area is 142 Å². The fraction of sp³-hybridized carbons (Fsp3) is 0.350. The molecule has 0 heterocycles. The Balaban J connectivity index is 1.81. The van der Waals surface area contributed by atoms with Gasteiger partial charge in [-0.1, -0.05) is 31.2 Å². The summed E-state index contributed by atoms with van der Waals surface area (Å²) in [6.07, 6.45) is 3.05. The van der Waals surface area contributed by atoms with E-state index in [1.807, 2.05) is 4.90 Å². The first kappa shape index (κ1) is 16.4. The Morgan fingerprint density at radius 3 is 2.38 bits per heavy atom. The van der Waals surface area contributed by atoms with Crippen LogP contribution in [0.1, 0.15) is 41.3 Å². The molecular formula is C20H23NO3. The molecule has 1 saturated carbocycles. The van der Waals surface area contributed by atoms with Crippen LogP contribution in [-0.4, -0.2) is 29.1 Å². The number of phenolic OH excluding ortho intramolecular Hbond substituents is 1. The van der Waals surface area contributed by atoms with Crippen LogP contribution in [0, 0.1) is 0 Å². The van der Waals surface area contributed by atoms with Gasteiger partial charge in [-0.2, -0.15) is 0 Å². The molecule has 126 valence electrons. The predicted molar refractivity (Wildman–Crippen MR) is 93.4 cm³/mol. The maximum Gasteiger partial charge on any atom is 0.258 e. The SMILES string of the molecule is CCc1ccc(CN(C(=O)c2ccc(OC)cc2O)C2CC2)cc1. The van der Waals surface area contributed by atoms with Crippen molar-refractivity contribution in [3.05, 3.63) is 59.2 Å². The average molecular weight is 325 g/mol. The van der Waals surface area contributed by atoms with Crippen LogP contribution in [0.25, 0.3) is 0 Å². The number of nitrogens with zero attached hydrogens (tertiary/aromatic N) is 1. The van der Waals surface area contributed by atoms with E-state index in [0.29, 0.717) is 17.9 Å². The molecule has 0 aliphatic heterocycles. The fourth-order valence-electron chi connectivity index (χ4n) is 2.80. The molecule has 24 heavy (non-hydrogen) atoms. The van der Waals surface area contributed by atoms with Gasteiger partial charge >= 0.3 is 0 Å². The van der Waals surface area contributed by atoms with Crippen molar-refractivity contribution >= 4 is 5.91 Å². The molecule has 2 aromatic rings. The number of hydrogen-bond acceptors (Lipinski definition) is 3. The zero-order valence-electron chi connectivity index (χ0n) is 14.2. The van der Waals surface area contributed by atoms with Gasteiger partial charge in [-0.05, 0) is 42.5 Å². The molecule has 3 rings (SSSR count). The van der Waals surface area contributed by atoms with E-state index in [9.17, 15) is 9.90 Å². The summed E-state index contributed by atoms with van der Waals surface area (Å²) < 4.78 is 5.08. The van der Waals surface area contributed by atoms with Gasteiger partial charge in [0.25, 0.3) is 5.91 Å². The molecule has 0 aromatic heterocycles. The second-order valence-corrected chi connectivity index (χ2v) is 6.22. The van der Waals surface area contributed by atoms with Crippen molar-refractivity contribution in [1.82, 2.24) is 4.90 Å². The molecule has 4 nitrogen and oxygen atoms in total. The van der Waals surface area contributed by atoms with Crippen LogP contribution in [-0.2, 0) is 13.0 Å². The van der Waals surface area contributed by atoms with Gasteiger partial charge in [0.15, 0.2) is 0 Å². The first-order valence-electron chi connectivity index (χ1n) is 8.38. The topological polar surface area (TPSA) is 49.8 Å². The summed E-state index contributed by atoms with van der Waals surface area (Å²) in [4.78, 5) is 14.8. The second-order valence-electron chi connectivity index (χ2n) is 6.22. The minimum absolute atomic E-state index is 0.0358. The molecule has 0 atom stereocenters. The van der Waals surface area contributed by atoms with Crippen molar-refractivity contribution in [2.75, 3.05) is 7.11 Å². The second kappa shape index (κ2) is 6.95. The van der Waals surface area contributed by atoms with E-state index in [4.69, 9.17) is 4.74 Å². The van der Waals surface area contributed by atoms with Gasteiger partial charge in [0, 0.05) is 18.7 Å². The van der Waals surface area contributed by atoms with E-state index >= 15 is 0 Å². The highest BCUT2D eigenvalue weighted by Crippen LogP contribution is 2.32. The van der Waals surface area contributed by atoms with Crippen LogP contribution in [0.3, 0.4) is 0 Å². The van der Waals surface area contributed by atoms with Crippen LogP contribution in [0.15, 0.2) is 42.5 Å². The van der Waals surface area contributed by atoms with Gasteiger partial charge in [-0.25, -0.2) is 0 Å². The molecule has 4 heteroatoms.